The van der Waals surface area contributed by atoms with Gasteiger partial charge >= 0.3 is 5.69 Å². The fraction of sp³-hybridized carbons (Fsp3) is 0.381. The van der Waals surface area contributed by atoms with Crippen molar-refractivity contribution in [2.75, 3.05) is 28.4 Å². The number of Topliss-reactive ketones (excluding diaryl/α,β-unsaturated/α-hetero) is 1. The first-order chi connectivity index (χ1) is 13.9. The molecule has 3 rings (SSSR count). The standard InChI is InChI=1S/C21H23NO7/c1-26-17-8-7-15(20(28-3)21(17)29-4)19(23)13-6-5-12-11-18(27-2)16(22(24)25)10-14(12)9-13/h7-8,10-11,13H,5-6,9H2,1-4H3. The molecule has 0 bridgehead atoms. The van der Waals surface area contributed by atoms with E-state index in [1.54, 1.807) is 18.2 Å². The third-order valence-electron chi connectivity index (χ3n) is 5.27. The van der Waals surface area contributed by atoms with Gasteiger partial charge in [0.1, 0.15) is 0 Å². The zero-order valence-corrected chi connectivity index (χ0v) is 16.8. The fourth-order valence-electron chi connectivity index (χ4n) is 3.82. The molecule has 0 saturated heterocycles. The van der Waals surface area contributed by atoms with Gasteiger partial charge in [-0.1, -0.05) is 0 Å². The van der Waals surface area contributed by atoms with Crippen LogP contribution < -0.4 is 18.9 Å². The van der Waals surface area contributed by atoms with Crippen molar-refractivity contribution in [2.24, 2.45) is 5.92 Å². The van der Waals surface area contributed by atoms with E-state index in [9.17, 15) is 14.9 Å². The van der Waals surface area contributed by atoms with Crippen molar-refractivity contribution in [1.29, 1.82) is 0 Å². The first kappa shape index (κ1) is 20.4. The zero-order valence-electron chi connectivity index (χ0n) is 16.8. The second kappa shape index (κ2) is 8.38. The third kappa shape index (κ3) is 3.70. The van der Waals surface area contributed by atoms with Crippen LogP contribution in [0.3, 0.4) is 0 Å². The maximum atomic E-state index is 13.3. The van der Waals surface area contributed by atoms with Gasteiger partial charge in [0.15, 0.2) is 23.0 Å². The predicted octanol–water partition coefficient (Wildman–Crippen LogP) is 3.62. The van der Waals surface area contributed by atoms with E-state index < -0.39 is 4.92 Å². The maximum Gasteiger partial charge on any atom is 0.311 e. The molecule has 1 aliphatic carbocycles. The lowest BCUT2D eigenvalue weighted by molar-refractivity contribution is -0.385. The summed E-state index contributed by atoms with van der Waals surface area (Å²) in [7, 11) is 5.88. The maximum absolute atomic E-state index is 13.3. The number of benzene rings is 2. The summed E-state index contributed by atoms with van der Waals surface area (Å²) >= 11 is 0. The topological polar surface area (TPSA) is 97.1 Å². The Hall–Kier alpha value is -3.29. The van der Waals surface area contributed by atoms with Crippen LogP contribution >= 0.6 is 0 Å². The average Bonchev–Trinajstić information content (AvgIpc) is 2.75. The number of aryl methyl sites for hydroxylation is 1. The molecule has 0 spiro atoms. The van der Waals surface area contributed by atoms with Gasteiger partial charge in [-0.05, 0) is 48.6 Å². The molecule has 2 aromatic carbocycles. The molecule has 1 atom stereocenters. The van der Waals surface area contributed by atoms with Crippen LogP contribution in [0.4, 0.5) is 5.69 Å². The van der Waals surface area contributed by atoms with E-state index in [0.29, 0.717) is 42.1 Å². The van der Waals surface area contributed by atoms with E-state index in [1.807, 2.05) is 0 Å². The van der Waals surface area contributed by atoms with Crippen molar-refractivity contribution >= 4 is 11.5 Å². The number of ether oxygens (including phenoxy) is 4. The minimum atomic E-state index is -0.470. The number of carbonyl (C=O) groups excluding carboxylic acids is 1. The summed E-state index contributed by atoms with van der Waals surface area (Å²) in [5.41, 5.74) is 2.07. The molecule has 0 heterocycles. The van der Waals surface area contributed by atoms with Crippen LogP contribution in [0.1, 0.15) is 27.9 Å². The summed E-state index contributed by atoms with van der Waals surface area (Å²) in [5.74, 6) is 0.980. The van der Waals surface area contributed by atoms with E-state index in [0.717, 1.165) is 11.1 Å². The summed E-state index contributed by atoms with van der Waals surface area (Å²) in [4.78, 5) is 24.1. The number of carbonyl (C=O) groups is 1. The number of nitrogens with zero attached hydrogens (tertiary/aromatic N) is 1. The number of nitro groups is 1. The number of hydrogen-bond donors (Lipinski definition) is 0. The van der Waals surface area contributed by atoms with E-state index in [2.05, 4.69) is 0 Å². The second-order valence-corrected chi connectivity index (χ2v) is 6.74. The van der Waals surface area contributed by atoms with Crippen LogP contribution in [0, 0.1) is 16.0 Å². The summed E-state index contributed by atoms with van der Waals surface area (Å²) < 4.78 is 21.2. The molecule has 1 unspecified atom stereocenters. The number of rotatable bonds is 7. The molecule has 0 amide bonds. The highest BCUT2D eigenvalue weighted by molar-refractivity contribution is 6.01. The molecule has 0 fully saturated rings. The number of ketones is 1. The minimum Gasteiger partial charge on any atom is -0.493 e. The quantitative estimate of drug-likeness (QED) is 0.397. The van der Waals surface area contributed by atoms with Gasteiger partial charge in [-0.15, -0.1) is 0 Å². The van der Waals surface area contributed by atoms with Crippen molar-refractivity contribution < 1.29 is 28.7 Å². The Balaban J connectivity index is 1.96. The Morgan fingerprint density at radius 3 is 2.24 bits per heavy atom. The Labute approximate surface area is 168 Å². The van der Waals surface area contributed by atoms with Crippen LogP contribution in [0.5, 0.6) is 23.0 Å². The highest BCUT2D eigenvalue weighted by Gasteiger charge is 2.31. The molecule has 0 radical (unpaired) electrons. The summed E-state index contributed by atoms with van der Waals surface area (Å²) in [6, 6.07) is 6.54. The molecule has 2 aromatic rings. The van der Waals surface area contributed by atoms with Gasteiger partial charge in [0.2, 0.25) is 5.75 Å². The lowest BCUT2D eigenvalue weighted by atomic mass is 9.79. The molecule has 0 saturated carbocycles. The molecule has 1 aliphatic rings. The molecular formula is C21H23NO7. The summed E-state index contributed by atoms with van der Waals surface area (Å²) in [5, 5.41) is 11.3. The number of fused-ring (bicyclic) bond motifs is 1. The van der Waals surface area contributed by atoms with Gasteiger partial charge < -0.3 is 18.9 Å². The highest BCUT2D eigenvalue weighted by atomic mass is 16.6. The van der Waals surface area contributed by atoms with Crippen molar-refractivity contribution in [2.45, 2.75) is 19.3 Å². The van der Waals surface area contributed by atoms with Crippen LogP contribution in [-0.4, -0.2) is 39.1 Å². The molecule has 0 N–H and O–H groups in total. The average molecular weight is 401 g/mol. The van der Waals surface area contributed by atoms with Gasteiger partial charge in [-0.3, -0.25) is 14.9 Å². The highest BCUT2D eigenvalue weighted by Crippen LogP contribution is 2.42. The van der Waals surface area contributed by atoms with Gasteiger partial charge in [0.05, 0.1) is 38.9 Å². The van der Waals surface area contributed by atoms with E-state index >= 15 is 0 Å². The fourth-order valence-corrected chi connectivity index (χ4v) is 3.82. The number of hydrogen-bond acceptors (Lipinski definition) is 7. The molecule has 0 aromatic heterocycles. The monoisotopic (exact) mass is 401 g/mol. The Morgan fingerprint density at radius 1 is 0.966 bits per heavy atom. The van der Waals surface area contributed by atoms with Gasteiger partial charge in [-0.25, -0.2) is 0 Å². The second-order valence-electron chi connectivity index (χ2n) is 6.74. The number of methoxy groups -OCH3 is 4. The molecule has 8 heteroatoms. The largest absolute Gasteiger partial charge is 0.493 e. The Kier molecular flexibility index (Phi) is 5.91. The molecular weight excluding hydrogens is 378 g/mol. The van der Waals surface area contributed by atoms with Gasteiger partial charge in [-0.2, -0.15) is 0 Å². The van der Waals surface area contributed by atoms with E-state index in [-0.39, 0.29) is 23.1 Å². The minimum absolute atomic E-state index is 0.0908. The molecule has 154 valence electrons. The SMILES string of the molecule is COc1cc2c(cc1[N+](=O)[O-])CC(C(=O)c1ccc(OC)c(OC)c1OC)CC2. The molecule has 0 aliphatic heterocycles. The van der Waals surface area contributed by atoms with E-state index in [4.69, 9.17) is 18.9 Å². The molecule has 29 heavy (non-hydrogen) atoms. The zero-order chi connectivity index (χ0) is 21.1. The first-order valence-corrected chi connectivity index (χ1v) is 9.12. The summed E-state index contributed by atoms with van der Waals surface area (Å²) in [6.07, 6.45) is 1.68. The van der Waals surface area contributed by atoms with Crippen LogP contribution in [0.25, 0.3) is 0 Å². The van der Waals surface area contributed by atoms with Crippen molar-refractivity contribution in [3.05, 3.63) is 51.1 Å². The van der Waals surface area contributed by atoms with Crippen LogP contribution in [0.15, 0.2) is 24.3 Å². The van der Waals surface area contributed by atoms with Crippen molar-refractivity contribution in [1.82, 2.24) is 0 Å². The number of nitro benzene ring substituents is 1. The first-order valence-electron chi connectivity index (χ1n) is 9.12. The van der Waals surface area contributed by atoms with Crippen molar-refractivity contribution in [3.8, 4) is 23.0 Å². The lowest BCUT2D eigenvalue weighted by Crippen LogP contribution is -2.23. The Bertz CT molecular complexity index is 955. The van der Waals surface area contributed by atoms with Crippen molar-refractivity contribution in [3.63, 3.8) is 0 Å². The smallest absolute Gasteiger partial charge is 0.311 e. The van der Waals surface area contributed by atoms with Crippen LogP contribution in [0.2, 0.25) is 0 Å². The molecule has 8 nitrogen and oxygen atoms in total. The van der Waals surface area contributed by atoms with Gasteiger partial charge in [0.25, 0.3) is 0 Å². The van der Waals surface area contributed by atoms with Crippen LogP contribution in [-0.2, 0) is 12.8 Å². The van der Waals surface area contributed by atoms with E-state index in [1.165, 1.54) is 34.5 Å². The van der Waals surface area contributed by atoms with Gasteiger partial charge in [0, 0.05) is 12.0 Å². The normalized spacial score (nSPS) is 15.2. The lowest BCUT2D eigenvalue weighted by Gasteiger charge is -2.25. The summed E-state index contributed by atoms with van der Waals surface area (Å²) in [6.45, 7) is 0. The third-order valence-corrected chi connectivity index (χ3v) is 5.27. The predicted molar refractivity (Wildman–Crippen MR) is 106 cm³/mol. The Morgan fingerprint density at radius 2 is 1.66 bits per heavy atom.